The lowest BCUT2D eigenvalue weighted by molar-refractivity contribution is 0.102. The van der Waals surface area contributed by atoms with Crippen LogP contribution in [0.1, 0.15) is 10.4 Å². The van der Waals surface area contributed by atoms with Crippen molar-refractivity contribution >= 4 is 23.2 Å². The van der Waals surface area contributed by atoms with Gasteiger partial charge in [0.1, 0.15) is 5.82 Å². The summed E-state index contributed by atoms with van der Waals surface area (Å²) in [4.78, 5) is 11.8. The van der Waals surface area contributed by atoms with Crippen molar-refractivity contribution < 1.29 is 9.18 Å². The molecule has 0 fully saturated rings. The van der Waals surface area contributed by atoms with Crippen LogP contribution in [0.4, 0.5) is 10.1 Å². The summed E-state index contributed by atoms with van der Waals surface area (Å²) in [5.41, 5.74) is 0.844. The summed E-state index contributed by atoms with van der Waals surface area (Å²) in [6.07, 6.45) is 0. The van der Waals surface area contributed by atoms with E-state index in [0.717, 1.165) is 0 Å². The molecule has 0 aromatic heterocycles. The molecule has 0 aliphatic heterocycles. The van der Waals surface area contributed by atoms with Gasteiger partial charge < -0.3 is 5.32 Å². The minimum Gasteiger partial charge on any atom is -0.322 e. The van der Waals surface area contributed by atoms with Crippen LogP contribution in [0.5, 0.6) is 0 Å². The molecule has 0 atom stereocenters. The highest BCUT2D eigenvalue weighted by molar-refractivity contribution is 6.31. The molecule has 0 aliphatic carbocycles. The standard InChI is InChI=1S/C13H9ClFNO/c14-10-6-11(15)8-12(7-10)16-13(17)9-4-2-1-3-5-9/h1-8H,(H,16,17). The van der Waals surface area contributed by atoms with Gasteiger partial charge in [-0.25, -0.2) is 4.39 Å². The molecular weight excluding hydrogens is 241 g/mol. The van der Waals surface area contributed by atoms with Crippen LogP contribution in [0, 0.1) is 5.82 Å². The maximum atomic E-state index is 13.0. The molecule has 0 heterocycles. The number of hydrogen-bond acceptors (Lipinski definition) is 1. The van der Waals surface area contributed by atoms with Gasteiger partial charge in [0.15, 0.2) is 0 Å². The second-order valence-electron chi connectivity index (χ2n) is 3.48. The Morgan fingerprint density at radius 2 is 1.82 bits per heavy atom. The van der Waals surface area contributed by atoms with Gasteiger partial charge in [0.25, 0.3) is 5.91 Å². The number of carbonyl (C=O) groups is 1. The molecule has 2 aromatic rings. The van der Waals surface area contributed by atoms with E-state index in [4.69, 9.17) is 11.6 Å². The Labute approximate surface area is 103 Å². The molecule has 0 unspecified atom stereocenters. The molecule has 1 amide bonds. The largest absolute Gasteiger partial charge is 0.322 e. The maximum Gasteiger partial charge on any atom is 0.255 e. The average molecular weight is 250 g/mol. The number of amides is 1. The predicted molar refractivity (Wildman–Crippen MR) is 65.8 cm³/mol. The van der Waals surface area contributed by atoms with E-state index in [1.165, 1.54) is 18.2 Å². The van der Waals surface area contributed by atoms with Crippen LogP contribution >= 0.6 is 11.6 Å². The molecule has 2 nitrogen and oxygen atoms in total. The Morgan fingerprint density at radius 3 is 2.47 bits per heavy atom. The van der Waals surface area contributed by atoms with Crippen LogP contribution in [-0.4, -0.2) is 5.91 Å². The molecule has 86 valence electrons. The topological polar surface area (TPSA) is 29.1 Å². The van der Waals surface area contributed by atoms with Crippen molar-refractivity contribution in [1.82, 2.24) is 0 Å². The van der Waals surface area contributed by atoms with Crippen LogP contribution in [-0.2, 0) is 0 Å². The molecular formula is C13H9ClFNO. The second kappa shape index (κ2) is 4.97. The van der Waals surface area contributed by atoms with Gasteiger partial charge in [-0.1, -0.05) is 29.8 Å². The number of anilines is 1. The van der Waals surface area contributed by atoms with Crippen LogP contribution in [0.3, 0.4) is 0 Å². The molecule has 2 rings (SSSR count). The molecule has 0 radical (unpaired) electrons. The maximum absolute atomic E-state index is 13.0. The highest BCUT2D eigenvalue weighted by atomic mass is 35.5. The molecule has 17 heavy (non-hydrogen) atoms. The SMILES string of the molecule is O=C(Nc1cc(F)cc(Cl)c1)c1ccccc1. The van der Waals surface area contributed by atoms with Crippen molar-refractivity contribution in [3.8, 4) is 0 Å². The number of benzene rings is 2. The van der Waals surface area contributed by atoms with Gasteiger partial charge in [-0.3, -0.25) is 4.79 Å². The number of nitrogens with one attached hydrogen (secondary N) is 1. The summed E-state index contributed by atoms with van der Waals surface area (Å²) in [5, 5.41) is 2.82. The fraction of sp³-hybridized carbons (Fsp3) is 0. The van der Waals surface area contributed by atoms with Crippen LogP contribution in [0.25, 0.3) is 0 Å². The zero-order valence-corrected chi connectivity index (χ0v) is 9.54. The summed E-state index contributed by atoms with van der Waals surface area (Å²) in [7, 11) is 0. The second-order valence-corrected chi connectivity index (χ2v) is 3.91. The lowest BCUT2D eigenvalue weighted by Gasteiger charge is -2.05. The fourth-order valence-electron chi connectivity index (χ4n) is 1.42. The summed E-state index contributed by atoms with van der Waals surface area (Å²) in [5.74, 6) is -0.784. The summed E-state index contributed by atoms with van der Waals surface area (Å²) in [6.45, 7) is 0. The van der Waals surface area contributed by atoms with E-state index in [1.54, 1.807) is 24.3 Å². The van der Waals surface area contributed by atoms with Gasteiger partial charge in [0.05, 0.1) is 0 Å². The number of halogens is 2. The fourth-order valence-corrected chi connectivity index (χ4v) is 1.64. The van der Waals surface area contributed by atoms with Crippen molar-refractivity contribution in [2.45, 2.75) is 0 Å². The van der Waals surface area contributed by atoms with Crippen LogP contribution in [0.15, 0.2) is 48.5 Å². The first-order valence-corrected chi connectivity index (χ1v) is 5.35. The lowest BCUT2D eigenvalue weighted by Crippen LogP contribution is -2.11. The molecule has 0 aliphatic rings. The third kappa shape index (κ3) is 3.04. The minimum atomic E-state index is -0.485. The molecule has 1 N–H and O–H groups in total. The summed E-state index contributed by atoms with van der Waals surface area (Å²) >= 11 is 5.69. The summed E-state index contributed by atoms with van der Waals surface area (Å²) in [6, 6.07) is 12.6. The number of hydrogen-bond donors (Lipinski definition) is 1. The van der Waals surface area contributed by atoms with Crippen LogP contribution in [0.2, 0.25) is 5.02 Å². The van der Waals surface area contributed by atoms with Crippen molar-refractivity contribution in [1.29, 1.82) is 0 Å². The molecule has 0 spiro atoms. The van der Waals surface area contributed by atoms with Crippen molar-refractivity contribution in [3.05, 3.63) is 64.9 Å². The van der Waals surface area contributed by atoms with Gasteiger partial charge in [0.2, 0.25) is 0 Å². The summed E-state index contributed by atoms with van der Waals surface area (Å²) < 4.78 is 13.0. The van der Waals surface area contributed by atoms with Crippen molar-refractivity contribution in [2.75, 3.05) is 5.32 Å². The zero-order valence-electron chi connectivity index (χ0n) is 8.78. The average Bonchev–Trinajstić information content (AvgIpc) is 2.28. The van der Waals surface area contributed by atoms with Crippen molar-refractivity contribution in [2.24, 2.45) is 0 Å². The molecule has 0 bridgehead atoms. The number of rotatable bonds is 2. The van der Waals surface area contributed by atoms with E-state index in [9.17, 15) is 9.18 Å². The molecule has 2 aromatic carbocycles. The molecule has 0 saturated heterocycles. The minimum absolute atomic E-state index is 0.244. The Morgan fingerprint density at radius 1 is 1.12 bits per heavy atom. The predicted octanol–water partition coefficient (Wildman–Crippen LogP) is 3.73. The van der Waals surface area contributed by atoms with E-state index in [-0.39, 0.29) is 10.9 Å². The Balaban J connectivity index is 2.19. The highest BCUT2D eigenvalue weighted by Gasteiger charge is 2.06. The number of carbonyl (C=O) groups excluding carboxylic acids is 1. The highest BCUT2D eigenvalue weighted by Crippen LogP contribution is 2.18. The third-order valence-electron chi connectivity index (χ3n) is 2.16. The monoisotopic (exact) mass is 249 g/mol. The molecule has 4 heteroatoms. The smallest absolute Gasteiger partial charge is 0.255 e. The first kappa shape index (κ1) is 11.6. The van der Waals surface area contributed by atoms with E-state index in [2.05, 4.69) is 5.32 Å². The first-order chi connectivity index (χ1) is 8.15. The Bertz CT molecular complexity index is 522. The molecule has 0 saturated carbocycles. The van der Waals surface area contributed by atoms with Gasteiger partial charge >= 0.3 is 0 Å². The quantitative estimate of drug-likeness (QED) is 0.863. The van der Waals surface area contributed by atoms with Gasteiger partial charge in [0, 0.05) is 16.3 Å². The van der Waals surface area contributed by atoms with Gasteiger partial charge in [-0.2, -0.15) is 0 Å². The Hall–Kier alpha value is -1.87. The van der Waals surface area contributed by atoms with Crippen LogP contribution < -0.4 is 5.32 Å². The van der Waals surface area contributed by atoms with E-state index < -0.39 is 5.82 Å². The van der Waals surface area contributed by atoms with E-state index in [1.807, 2.05) is 6.07 Å². The normalized spacial score (nSPS) is 10.0. The van der Waals surface area contributed by atoms with Gasteiger partial charge in [-0.05, 0) is 30.3 Å². The third-order valence-corrected chi connectivity index (χ3v) is 2.37. The van der Waals surface area contributed by atoms with Crippen molar-refractivity contribution in [3.63, 3.8) is 0 Å². The lowest BCUT2D eigenvalue weighted by atomic mass is 10.2. The first-order valence-electron chi connectivity index (χ1n) is 4.97. The van der Waals surface area contributed by atoms with Gasteiger partial charge in [-0.15, -0.1) is 0 Å². The van der Waals surface area contributed by atoms with E-state index in [0.29, 0.717) is 11.3 Å². The Kier molecular flexibility index (Phi) is 3.40. The van der Waals surface area contributed by atoms with E-state index >= 15 is 0 Å². The zero-order chi connectivity index (χ0) is 12.3.